The van der Waals surface area contributed by atoms with Gasteiger partial charge in [0.25, 0.3) is 0 Å². The predicted octanol–water partition coefficient (Wildman–Crippen LogP) is 1.92. The Bertz CT molecular complexity index is 287. The first-order valence-electron chi connectivity index (χ1n) is 5.48. The molecule has 1 atom stereocenters. The topological polar surface area (TPSA) is 38.0 Å². The summed E-state index contributed by atoms with van der Waals surface area (Å²) in [5.74, 6) is 0. The van der Waals surface area contributed by atoms with E-state index in [0.29, 0.717) is 12.5 Å². The Labute approximate surface area is 84.7 Å². The fourth-order valence-electron chi connectivity index (χ4n) is 2.16. The van der Waals surface area contributed by atoms with Gasteiger partial charge in [-0.1, -0.05) is 12.8 Å². The molecule has 0 amide bonds. The summed E-state index contributed by atoms with van der Waals surface area (Å²) in [7, 11) is 0. The summed E-state index contributed by atoms with van der Waals surface area (Å²) in [5, 5.41) is 13.7. The van der Waals surface area contributed by atoms with Gasteiger partial charge in [0, 0.05) is 12.6 Å². The van der Waals surface area contributed by atoms with Gasteiger partial charge in [-0.05, 0) is 25.8 Å². The van der Waals surface area contributed by atoms with E-state index in [1.165, 1.54) is 25.7 Å². The van der Waals surface area contributed by atoms with Crippen molar-refractivity contribution in [1.82, 2.24) is 9.78 Å². The van der Waals surface area contributed by atoms with E-state index in [4.69, 9.17) is 0 Å². The third-order valence-electron chi connectivity index (χ3n) is 2.87. The van der Waals surface area contributed by atoms with E-state index in [1.807, 2.05) is 12.3 Å². The molecular weight excluding hydrogens is 176 g/mol. The summed E-state index contributed by atoms with van der Waals surface area (Å²) in [4.78, 5) is 0. The van der Waals surface area contributed by atoms with Crippen molar-refractivity contribution in [3.05, 3.63) is 18.0 Å². The summed E-state index contributed by atoms with van der Waals surface area (Å²) in [6, 6.07) is 2.63. The summed E-state index contributed by atoms with van der Waals surface area (Å²) >= 11 is 0. The van der Waals surface area contributed by atoms with Crippen LogP contribution in [0.3, 0.4) is 0 Å². The zero-order valence-electron chi connectivity index (χ0n) is 8.69. The van der Waals surface area contributed by atoms with E-state index in [-0.39, 0.29) is 6.10 Å². The highest BCUT2D eigenvalue weighted by atomic mass is 16.3. The second kappa shape index (κ2) is 4.13. The molecule has 0 spiro atoms. The lowest BCUT2D eigenvalue weighted by atomic mass is 10.2. The molecule has 3 nitrogen and oxygen atoms in total. The number of aliphatic hydroxyl groups excluding tert-OH is 1. The van der Waals surface area contributed by atoms with Crippen LogP contribution < -0.4 is 0 Å². The van der Waals surface area contributed by atoms with Crippen LogP contribution in [0.15, 0.2) is 12.3 Å². The van der Waals surface area contributed by atoms with Crippen LogP contribution in [0, 0.1) is 0 Å². The molecule has 1 aromatic heterocycles. The molecule has 0 bridgehead atoms. The molecule has 0 aromatic carbocycles. The molecule has 1 aliphatic rings. The van der Waals surface area contributed by atoms with Gasteiger partial charge in [-0.25, -0.2) is 0 Å². The van der Waals surface area contributed by atoms with Crippen LogP contribution in [0.4, 0.5) is 0 Å². The van der Waals surface area contributed by atoms with Crippen LogP contribution in [0.25, 0.3) is 0 Å². The monoisotopic (exact) mass is 194 g/mol. The van der Waals surface area contributed by atoms with Crippen LogP contribution >= 0.6 is 0 Å². The van der Waals surface area contributed by atoms with Crippen molar-refractivity contribution in [2.75, 3.05) is 0 Å². The van der Waals surface area contributed by atoms with Gasteiger partial charge in [0.15, 0.2) is 0 Å². The highest BCUT2D eigenvalue weighted by Gasteiger charge is 2.17. The molecule has 0 saturated heterocycles. The van der Waals surface area contributed by atoms with Gasteiger partial charge in [-0.3, -0.25) is 4.68 Å². The zero-order chi connectivity index (χ0) is 9.97. The van der Waals surface area contributed by atoms with E-state index < -0.39 is 0 Å². The maximum absolute atomic E-state index is 9.23. The first-order chi connectivity index (χ1) is 6.75. The summed E-state index contributed by atoms with van der Waals surface area (Å²) in [6.45, 7) is 1.80. The number of aromatic nitrogens is 2. The molecule has 0 radical (unpaired) electrons. The van der Waals surface area contributed by atoms with E-state index in [1.54, 1.807) is 6.92 Å². The van der Waals surface area contributed by atoms with Crippen molar-refractivity contribution in [3.63, 3.8) is 0 Å². The SMILES string of the molecule is CC(O)Cc1ccn(C2CCCC2)n1. The molecule has 78 valence electrons. The number of rotatable bonds is 3. The van der Waals surface area contributed by atoms with Crippen molar-refractivity contribution < 1.29 is 5.11 Å². The van der Waals surface area contributed by atoms with E-state index in [0.717, 1.165) is 5.69 Å². The second-order valence-electron chi connectivity index (χ2n) is 4.28. The Morgan fingerprint density at radius 1 is 1.57 bits per heavy atom. The fourth-order valence-corrected chi connectivity index (χ4v) is 2.16. The highest BCUT2D eigenvalue weighted by Crippen LogP contribution is 2.28. The lowest BCUT2D eigenvalue weighted by Crippen LogP contribution is -2.08. The standard InChI is InChI=1S/C11H18N2O/c1-9(14)8-10-6-7-13(12-10)11-4-2-3-5-11/h6-7,9,11,14H,2-5,8H2,1H3. The predicted molar refractivity (Wildman–Crippen MR) is 55.1 cm³/mol. The van der Waals surface area contributed by atoms with Crippen LogP contribution in [-0.2, 0) is 6.42 Å². The van der Waals surface area contributed by atoms with Crippen molar-refractivity contribution >= 4 is 0 Å². The van der Waals surface area contributed by atoms with Crippen LogP contribution in [0.2, 0.25) is 0 Å². The average molecular weight is 194 g/mol. The van der Waals surface area contributed by atoms with Gasteiger partial charge in [0.05, 0.1) is 17.8 Å². The number of nitrogens with zero attached hydrogens (tertiary/aromatic N) is 2. The van der Waals surface area contributed by atoms with Gasteiger partial charge in [-0.15, -0.1) is 0 Å². The van der Waals surface area contributed by atoms with E-state index >= 15 is 0 Å². The number of hydrogen-bond donors (Lipinski definition) is 1. The molecule has 1 aliphatic carbocycles. The fraction of sp³-hybridized carbons (Fsp3) is 0.727. The quantitative estimate of drug-likeness (QED) is 0.798. The van der Waals surface area contributed by atoms with Crippen LogP contribution in [0.5, 0.6) is 0 Å². The maximum Gasteiger partial charge on any atom is 0.0650 e. The smallest absolute Gasteiger partial charge is 0.0650 e. The molecule has 1 fully saturated rings. The lowest BCUT2D eigenvalue weighted by Gasteiger charge is -2.08. The van der Waals surface area contributed by atoms with E-state index in [2.05, 4.69) is 9.78 Å². The van der Waals surface area contributed by atoms with E-state index in [9.17, 15) is 5.11 Å². The summed E-state index contributed by atoms with van der Waals surface area (Å²) in [5.41, 5.74) is 1.01. The Hall–Kier alpha value is -0.830. The maximum atomic E-state index is 9.23. The molecular formula is C11H18N2O. The van der Waals surface area contributed by atoms with Crippen molar-refractivity contribution in [3.8, 4) is 0 Å². The van der Waals surface area contributed by atoms with Crippen molar-refractivity contribution in [1.29, 1.82) is 0 Å². The number of aliphatic hydroxyl groups is 1. The molecule has 3 heteroatoms. The minimum absolute atomic E-state index is 0.290. The Morgan fingerprint density at radius 3 is 2.93 bits per heavy atom. The lowest BCUT2D eigenvalue weighted by molar-refractivity contribution is 0.193. The first-order valence-corrected chi connectivity index (χ1v) is 5.48. The molecule has 1 N–H and O–H groups in total. The molecule has 0 aliphatic heterocycles. The molecule has 2 rings (SSSR count). The van der Waals surface area contributed by atoms with Crippen LogP contribution in [0.1, 0.15) is 44.3 Å². The van der Waals surface area contributed by atoms with Crippen molar-refractivity contribution in [2.45, 2.75) is 51.2 Å². The average Bonchev–Trinajstić information content (AvgIpc) is 2.69. The minimum Gasteiger partial charge on any atom is -0.393 e. The third-order valence-corrected chi connectivity index (χ3v) is 2.87. The third kappa shape index (κ3) is 2.15. The van der Waals surface area contributed by atoms with Gasteiger partial charge >= 0.3 is 0 Å². The van der Waals surface area contributed by atoms with Gasteiger partial charge < -0.3 is 5.11 Å². The Kier molecular flexibility index (Phi) is 2.87. The van der Waals surface area contributed by atoms with Crippen LogP contribution in [-0.4, -0.2) is 21.0 Å². The first kappa shape index (κ1) is 9.71. The second-order valence-corrected chi connectivity index (χ2v) is 4.28. The molecule has 1 aromatic rings. The minimum atomic E-state index is -0.290. The van der Waals surface area contributed by atoms with Crippen molar-refractivity contribution in [2.24, 2.45) is 0 Å². The molecule has 1 saturated carbocycles. The normalized spacial score (nSPS) is 20.1. The summed E-state index contributed by atoms with van der Waals surface area (Å²) in [6.07, 6.45) is 7.60. The molecule has 1 unspecified atom stereocenters. The van der Waals surface area contributed by atoms with Gasteiger partial charge in [0.1, 0.15) is 0 Å². The Balaban J connectivity index is 2.01. The Morgan fingerprint density at radius 2 is 2.29 bits per heavy atom. The summed E-state index contributed by atoms with van der Waals surface area (Å²) < 4.78 is 2.07. The van der Waals surface area contributed by atoms with Gasteiger partial charge in [0.2, 0.25) is 0 Å². The highest BCUT2D eigenvalue weighted by molar-refractivity contribution is 5.01. The zero-order valence-corrected chi connectivity index (χ0v) is 8.69. The van der Waals surface area contributed by atoms with Gasteiger partial charge in [-0.2, -0.15) is 5.10 Å². The molecule has 1 heterocycles. The molecule has 14 heavy (non-hydrogen) atoms. The largest absolute Gasteiger partial charge is 0.393 e. The number of hydrogen-bond acceptors (Lipinski definition) is 2.